The molecule has 3 rings (SSSR count). The molecule has 25 heavy (non-hydrogen) atoms. The van der Waals surface area contributed by atoms with Crippen LogP contribution in [0, 0.1) is 0 Å². The second-order valence-corrected chi connectivity index (χ2v) is 5.83. The molecule has 0 aliphatic rings. The van der Waals surface area contributed by atoms with Crippen LogP contribution in [-0.4, -0.2) is 28.7 Å². The summed E-state index contributed by atoms with van der Waals surface area (Å²) < 4.78 is 10.8. The fourth-order valence-electron chi connectivity index (χ4n) is 2.28. The van der Waals surface area contributed by atoms with E-state index in [-0.39, 0.29) is 18.6 Å². The number of aromatic nitrogens is 2. The van der Waals surface area contributed by atoms with Gasteiger partial charge in [0.25, 0.3) is 11.8 Å². The molecule has 1 N–H and O–H groups in total. The molecule has 0 radical (unpaired) electrons. The van der Waals surface area contributed by atoms with Crippen molar-refractivity contribution >= 4 is 5.91 Å². The highest BCUT2D eigenvalue weighted by Crippen LogP contribution is 2.24. The van der Waals surface area contributed by atoms with E-state index >= 15 is 0 Å². The molecular formula is C19H19N3O3. The van der Waals surface area contributed by atoms with Gasteiger partial charge >= 0.3 is 0 Å². The van der Waals surface area contributed by atoms with Gasteiger partial charge in [-0.2, -0.15) is 4.98 Å². The number of carbonyl (C=O) groups is 1. The minimum atomic E-state index is -0.161. The predicted octanol–water partition coefficient (Wildman–Crippen LogP) is 3.31. The molecule has 6 nitrogen and oxygen atoms in total. The first-order chi connectivity index (χ1) is 12.1. The Bertz CT molecular complexity index is 844. The van der Waals surface area contributed by atoms with Gasteiger partial charge in [0, 0.05) is 17.2 Å². The lowest BCUT2D eigenvalue weighted by molar-refractivity contribution is -0.123. The Kier molecular flexibility index (Phi) is 5.09. The number of nitrogens with zero attached hydrogens (tertiary/aromatic N) is 2. The Morgan fingerprint density at radius 2 is 1.88 bits per heavy atom. The van der Waals surface area contributed by atoms with Gasteiger partial charge < -0.3 is 14.6 Å². The van der Waals surface area contributed by atoms with Crippen molar-refractivity contribution in [2.24, 2.45) is 0 Å². The summed E-state index contributed by atoms with van der Waals surface area (Å²) >= 11 is 0. The molecule has 6 heteroatoms. The smallest absolute Gasteiger partial charge is 0.258 e. The molecule has 0 unspecified atom stereocenters. The summed E-state index contributed by atoms with van der Waals surface area (Å²) in [5, 5.41) is 6.79. The van der Waals surface area contributed by atoms with Crippen LogP contribution in [-0.2, 0) is 4.79 Å². The zero-order chi connectivity index (χ0) is 17.6. The summed E-state index contributed by atoms with van der Waals surface area (Å²) in [7, 11) is 0. The third kappa shape index (κ3) is 4.44. The monoisotopic (exact) mass is 337 g/mol. The van der Waals surface area contributed by atoms with E-state index in [0.29, 0.717) is 17.5 Å². The Morgan fingerprint density at radius 1 is 1.12 bits per heavy atom. The van der Waals surface area contributed by atoms with Crippen molar-refractivity contribution < 1.29 is 14.1 Å². The maximum Gasteiger partial charge on any atom is 0.258 e. The van der Waals surface area contributed by atoms with Crippen molar-refractivity contribution in [2.45, 2.75) is 19.9 Å². The lowest BCUT2D eigenvalue weighted by Crippen LogP contribution is -2.34. The highest BCUT2D eigenvalue weighted by molar-refractivity contribution is 5.77. The number of ether oxygens (including phenoxy) is 1. The summed E-state index contributed by atoms with van der Waals surface area (Å²) in [4.78, 5) is 16.1. The van der Waals surface area contributed by atoms with Gasteiger partial charge in [-0.15, -0.1) is 0 Å². The van der Waals surface area contributed by atoms with Crippen molar-refractivity contribution in [2.75, 3.05) is 6.61 Å². The maximum absolute atomic E-state index is 11.7. The molecule has 128 valence electrons. The maximum atomic E-state index is 11.7. The van der Waals surface area contributed by atoms with E-state index in [2.05, 4.69) is 15.5 Å². The number of amides is 1. The van der Waals surface area contributed by atoms with Gasteiger partial charge in [-0.3, -0.25) is 4.79 Å². The SMILES string of the molecule is CC(C)NC(=O)COc1cccc(-c2noc(-c3ccccc3)n2)c1. The second-order valence-electron chi connectivity index (χ2n) is 5.83. The number of carbonyl (C=O) groups excluding carboxylic acids is 1. The van der Waals surface area contributed by atoms with Gasteiger partial charge in [0.15, 0.2) is 6.61 Å². The van der Waals surface area contributed by atoms with Crippen LogP contribution in [0.2, 0.25) is 0 Å². The molecule has 0 saturated carbocycles. The number of hydrogen-bond acceptors (Lipinski definition) is 5. The molecule has 0 aliphatic carbocycles. The molecule has 0 fully saturated rings. The molecule has 3 aromatic rings. The second kappa shape index (κ2) is 7.61. The van der Waals surface area contributed by atoms with E-state index in [9.17, 15) is 4.79 Å². The summed E-state index contributed by atoms with van der Waals surface area (Å²) in [6.07, 6.45) is 0. The summed E-state index contributed by atoms with van der Waals surface area (Å²) in [6.45, 7) is 3.77. The minimum absolute atomic E-state index is 0.0385. The average molecular weight is 337 g/mol. The lowest BCUT2D eigenvalue weighted by atomic mass is 10.2. The van der Waals surface area contributed by atoms with Crippen LogP contribution in [0.3, 0.4) is 0 Å². The van der Waals surface area contributed by atoms with Crippen LogP contribution < -0.4 is 10.1 Å². The summed E-state index contributed by atoms with van der Waals surface area (Å²) in [5.41, 5.74) is 1.62. The van der Waals surface area contributed by atoms with Crippen LogP contribution in [0.4, 0.5) is 0 Å². The first kappa shape index (κ1) is 16.7. The molecule has 0 atom stereocenters. The fraction of sp³-hybridized carbons (Fsp3) is 0.211. The first-order valence-corrected chi connectivity index (χ1v) is 8.03. The third-order valence-corrected chi connectivity index (χ3v) is 3.36. The molecule has 1 aromatic heterocycles. The highest BCUT2D eigenvalue weighted by Gasteiger charge is 2.11. The Balaban J connectivity index is 1.72. The molecular weight excluding hydrogens is 318 g/mol. The zero-order valence-corrected chi connectivity index (χ0v) is 14.1. The highest BCUT2D eigenvalue weighted by atomic mass is 16.5. The van der Waals surface area contributed by atoms with Gasteiger partial charge in [-0.05, 0) is 38.1 Å². The molecule has 1 amide bonds. The van der Waals surface area contributed by atoms with Crippen LogP contribution >= 0.6 is 0 Å². The van der Waals surface area contributed by atoms with E-state index in [1.54, 1.807) is 12.1 Å². The summed E-state index contributed by atoms with van der Waals surface area (Å²) in [5.74, 6) is 1.34. The van der Waals surface area contributed by atoms with E-state index < -0.39 is 0 Å². The van der Waals surface area contributed by atoms with E-state index in [0.717, 1.165) is 11.1 Å². The molecule has 0 spiro atoms. The normalized spacial score (nSPS) is 10.7. The first-order valence-electron chi connectivity index (χ1n) is 8.03. The Labute approximate surface area is 145 Å². The topological polar surface area (TPSA) is 77.2 Å². The predicted molar refractivity (Wildman–Crippen MR) is 93.9 cm³/mol. The number of benzene rings is 2. The van der Waals surface area contributed by atoms with Crippen molar-refractivity contribution in [1.29, 1.82) is 0 Å². The number of rotatable bonds is 6. The van der Waals surface area contributed by atoms with Gasteiger partial charge in [-0.1, -0.05) is 35.5 Å². The van der Waals surface area contributed by atoms with Crippen molar-refractivity contribution in [3.8, 4) is 28.6 Å². The third-order valence-electron chi connectivity index (χ3n) is 3.36. The van der Waals surface area contributed by atoms with Gasteiger partial charge in [0.05, 0.1) is 0 Å². The Hall–Kier alpha value is -3.15. The van der Waals surface area contributed by atoms with Crippen LogP contribution in [0.15, 0.2) is 59.1 Å². The lowest BCUT2D eigenvalue weighted by Gasteiger charge is -2.10. The number of hydrogen-bond donors (Lipinski definition) is 1. The van der Waals surface area contributed by atoms with Gasteiger partial charge in [0.1, 0.15) is 5.75 Å². The van der Waals surface area contributed by atoms with E-state index in [4.69, 9.17) is 9.26 Å². The standard InChI is InChI=1S/C19H19N3O3/c1-13(2)20-17(23)12-24-16-10-6-9-15(11-16)18-21-19(25-22-18)14-7-4-3-5-8-14/h3-11,13H,12H2,1-2H3,(H,20,23). The van der Waals surface area contributed by atoms with Crippen LogP contribution in [0.25, 0.3) is 22.8 Å². The fourth-order valence-corrected chi connectivity index (χ4v) is 2.28. The largest absolute Gasteiger partial charge is 0.484 e. The molecule has 0 bridgehead atoms. The average Bonchev–Trinajstić information content (AvgIpc) is 3.11. The van der Waals surface area contributed by atoms with Crippen molar-refractivity contribution in [1.82, 2.24) is 15.5 Å². The molecule has 1 heterocycles. The number of nitrogens with one attached hydrogen (secondary N) is 1. The minimum Gasteiger partial charge on any atom is -0.484 e. The quantitative estimate of drug-likeness (QED) is 0.747. The van der Waals surface area contributed by atoms with Gasteiger partial charge in [-0.25, -0.2) is 0 Å². The Morgan fingerprint density at radius 3 is 2.64 bits per heavy atom. The molecule has 0 aliphatic heterocycles. The van der Waals surface area contributed by atoms with E-state index in [1.165, 1.54) is 0 Å². The van der Waals surface area contributed by atoms with E-state index in [1.807, 2.05) is 56.3 Å². The van der Waals surface area contributed by atoms with Crippen molar-refractivity contribution in [3.63, 3.8) is 0 Å². The zero-order valence-electron chi connectivity index (χ0n) is 14.1. The van der Waals surface area contributed by atoms with Crippen molar-refractivity contribution in [3.05, 3.63) is 54.6 Å². The molecule has 2 aromatic carbocycles. The summed E-state index contributed by atoms with van der Waals surface area (Å²) in [6, 6.07) is 16.9. The van der Waals surface area contributed by atoms with Gasteiger partial charge in [0.2, 0.25) is 5.82 Å². The van der Waals surface area contributed by atoms with Crippen LogP contribution in [0.5, 0.6) is 5.75 Å². The van der Waals surface area contributed by atoms with Crippen LogP contribution in [0.1, 0.15) is 13.8 Å². The molecule has 0 saturated heterocycles.